The van der Waals surface area contributed by atoms with E-state index in [1.807, 2.05) is 19.9 Å². The van der Waals surface area contributed by atoms with Crippen LogP contribution >= 0.6 is 0 Å². The first-order chi connectivity index (χ1) is 14.0. The summed E-state index contributed by atoms with van der Waals surface area (Å²) in [4.78, 5) is 14.9. The predicted octanol–water partition coefficient (Wildman–Crippen LogP) is 3.84. The van der Waals surface area contributed by atoms with Gasteiger partial charge in [-0.3, -0.25) is 0 Å². The van der Waals surface area contributed by atoms with Gasteiger partial charge in [-0.05, 0) is 61.6 Å². The molecule has 0 radical (unpaired) electrons. The van der Waals surface area contributed by atoms with Gasteiger partial charge >= 0.3 is 5.97 Å². The molecular formula is C22H31NO6S. The monoisotopic (exact) mass is 437 g/mol. The number of aliphatic hydroxyl groups is 1. The summed E-state index contributed by atoms with van der Waals surface area (Å²) < 4.78 is 28.0. The zero-order valence-corrected chi connectivity index (χ0v) is 18.9. The number of benzene rings is 1. The van der Waals surface area contributed by atoms with Crippen LogP contribution < -0.4 is 4.74 Å². The minimum absolute atomic E-state index is 0.100. The number of aromatic nitrogens is 1. The van der Waals surface area contributed by atoms with Crippen molar-refractivity contribution in [1.29, 1.82) is 0 Å². The topological polar surface area (TPSA) is 114 Å². The van der Waals surface area contributed by atoms with Crippen LogP contribution in [0, 0.1) is 6.92 Å². The zero-order chi connectivity index (χ0) is 22.9. The number of rotatable bonds is 8. The fourth-order valence-corrected chi connectivity index (χ4v) is 3.17. The van der Waals surface area contributed by atoms with Gasteiger partial charge in [0.2, 0.25) is 0 Å². The van der Waals surface area contributed by atoms with Crippen molar-refractivity contribution >= 4 is 15.8 Å². The maximum Gasteiger partial charge on any atom is 0.335 e. The van der Waals surface area contributed by atoms with Crippen molar-refractivity contribution < 1.29 is 28.2 Å². The third-order valence-corrected chi connectivity index (χ3v) is 6.17. The highest BCUT2D eigenvalue weighted by Gasteiger charge is 2.13. The lowest BCUT2D eigenvalue weighted by Crippen LogP contribution is -2.16. The molecule has 2 atom stereocenters. The maximum absolute atomic E-state index is 11.2. The van der Waals surface area contributed by atoms with Gasteiger partial charge in [-0.25, -0.2) is 18.2 Å². The molecule has 7 nitrogen and oxygen atoms in total. The van der Waals surface area contributed by atoms with Gasteiger partial charge in [0.1, 0.15) is 11.9 Å². The Morgan fingerprint density at radius 3 is 2.30 bits per heavy atom. The average Bonchev–Trinajstić information content (AvgIpc) is 2.73. The summed E-state index contributed by atoms with van der Waals surface area (Å²) in [6, 6.07) is 8.28. The van der Waals surface area contributed by atoms with E-state index in [0.717, 1.165) is 17.5 Å². The molecule has 2 rings (SSSR count). The van der Waals surface area contributed by atoms with Gasteiger partial charge in [0.05, 0.1) is 17.9 Å². The summed E-state index contributed by atoms with van der Waals surface area (Å²) in [5.41, 5.74) is 2.12. The van der Waals surface area contributed by atoms with Gasteiger partial charge in [0.15, 0.2) is 14.9 Å². The van der Waals surface area contributed by atoms with Gasteiger partial charge in [0.25, 0.3) is 0 Å². The molecule has 1 aromatic carbocycles. The van der Waals surface area contributed by atoms with Gasteiger partial charge in [-0.2, -0.15) is 0 Å². The Kier molecular flexibility index (Phi) is 9.95. The highest BCUT2D eigenvalue weighted by Crippen LogP contribution is 2.26. The summed E-state index contributed by atoms with van der Waals surface area (Å²) in [5, 5.41) is 18.2. The van der Waals surface area contributed by atoms with Crippen molar-refractivity contribution in [3.63, 3.8) is 0 Å². The second-order valence-corrected chi connectivity index (χ2v) is 9.32. The Hall–Kier alpha value is -2.45. The fourth-order valence-electron chi connectivity index (χ4n) is 2.39. The van der Waals surface area contributed by atoms with Crippen LogP contribution in [0.3, 0.4) is 0 Å². The normalized spacial score (nSPS) is 13.0. The number of ether oxygens (including phenoxy) is 1. The lowest BCUT2D eigenvalue weighted by atomic mass is 9.96. The molecule has 0 saturated carbocycles. The smallest absolute Gasteiger partial charge is 0.335 e. The van der Waals surface area contributed by atoms with Crippen molar-refractivity contribution in [2.45, 2.75) is 58.1 Å². The summed E-state index contributed by atoms with van der Waals surface area (Å²) in [5.74, 6) is -0.104. The standard InChI is InChI=1S/C14H20O4.C8H11NO2S/c1-4-9(2)11-5-12(14(16)17)7-13(6-11)18-10(3)8-15;1-3-12(10,11)8-5-4-7(2)6-9-8/h5-7,9-10,15H,4,8H2,1-3H3,(H,16,17);4-6H,3H2,1-2H3/t9?,10-;/m0./s1. The average molecular weight is 438 g/mol. The number of hydrogen-bond acceptors (Lipinski definition) is 6. The Bertz CT molecular complexity index is 925. The summed E-state index contributed by atoms with van der Waals surface area (Å²) >= 11 is 0. The molecule has 0 aliphatic rings. The van der Waals surface area contributed by atoms with Crippen LogP contribution in [0.2, 0.25) is 0 Å². The molecule has 30 heavy (non-hydrogen) atoms. The van der Waals surface area contributed by atoms with E-state index < -0.39 is 15.8 Å². The third-order valence-electron chi connectivity index (χ3n) is 4.53. The van der Waals surface area contributed by atoms with Crippen molar-refractivity contribution in [2.75, 3.05) is 12.4 Å². The Morgan fingerprint density at radius 2 is 1.83 bits per heavy atom. The first-order valence-corrected chi connectivity index (χ1v) is 11.5. The van der Waals surface area contributed by atoms with Crippen LogP contribution in [-0.4, -0.2) is 48.0 Å². The van der Waals surface area contributed by atoms with Crippen molar-refractivity contribution in [1.82, 2.24) is 4.98 Å². The number of nitrogens with zero attached hydrogens (tertiary/aromatic N) is 1. The van der Waals surface area contributed by atoms with E-state index >= 15 is 0 Å². The largest absolute Gasteiger partial charge is 0.488 e. The summed E-state index contributed by atoms with van der Waals surface area (Å²) in [6.07, 6.45) is 2.14. The van der Waals surface area contributed by atoms with Crippen LogP contribution in [0.15, 0.2) is 41.6 Å². The first kappa shape index (κ1) is 25.6. The quantitative estimate of drug-likeness (QED) is 0.645. The van der Waals surface area contributed by atoms with Gasteiger partial charge < -0.3 is 14.9 Å². The van der Waals surface area contributed by atoms with E-state index in [4.69, 9.17) is 14.9 Å². The summed E-state index contributed by atoms with van der Waals surface area (Å²) in [6.45, 7) is 9.20. The molecule has 166 valence electrons. The van der Waals surface area contributed by atoms with Gasteiger partial charge in [-0.15, -0.1) is 0 Å². The number of aryl methyl sites for hydroxylation is 1. The minimum Gasteiger partial charge on any atom is -0.488 e. The molecule has 2 aromatic rings. The van der Waals surface area contributed by atoms with Crippen molar-refractivity contribution in [3.05, 3.63) is 53.2 Å². The SMILES string of the molecule is CCC(C)c1cc(O[C@@H](C)CO)cc(C(=O)O)c1.CCS(=O)(=O)c1ccc(C)cn1. The minimum atomic E-state index is -3.13. The molecule has 1 aromatic heterocycles. The molecule has 1 heterocycles. The maximum atomic E-state index is 11.2. The lowest BCUT2D eigenvalue weighted by molar-refractivity contribution is 0.0695. The highest BCUT2D eigenvalue weighted by atomic mass is 32.2. The Balaban J connectivity index is 0.000000325. The number of carboxylic acid groups (broad SMARTS) is 1. The number of sulfone groups is 1. The predicted molar refractivity (Wildman–Crippen MR) is 116 cm³/mol. The van der Waals surface area contributed by atoms with Crippen LogP contribution in [0.25, 0.3) is 0 Å². The molecule has 0 saturated heterocycles. The molecular weight excluding hydrogens is 406 g/mol. The number of aliphatic hydroxyl groups excluding tert-OH is 1. The van der Waals surface area contributed by atoms with Crippen LogP contribution in [0.5, 0.6) is 5.75 Å². The Labute approximate surface area is 178 Å². The zero-order valence-electron chi connectivity index (χ0n) is 18.1. The Morgan fingerprint density at radius 1 is 1.17 bits per heavy atom. The number of carbonyl (C=O) groups is 1. The van der Waals surface area contributed by atoms with E-state index in [1.54, 1.807) is 32.2 Å². The van der Waals surface area contributed by atoms with Gasteiger partial charge in [0, 0.05) is 6.20 Å². The van der Waals surface area contributed by atoms with Gasteiger partial charge in [-0.1, -0.05) is 26.8 Å². The molecule has 0 spiro atoms. The summed E-state index contributed by atoms with van der Waals surface area (Å²) in [7, 11) is -3.13. The lowest BCUT2D eigenvalue weighted by Gasteiger charge is -2.16. The van der Waals surface area contributed by atoms with Crippen molar-refractivity contribution in [3.8, 4) is 5.75 Å². The number of aromatic carboxylic acids is 1. The third kappa shape index (κ3) is 7.76. The number of pyridine rings is 1. The second kappa shape index (κ2) is 11.7. The van der Waals surface area contributed by atoms with Crippen molar-refractivity contribution in [2.24, 2.45) is 0 Å². The van der Waals surface area contributed by atoms with E-state index in [2.05, 4.69) is 11.9 Å². The molecule has 8 heteroatoms. The molecule has 2 N–H and O–H groups in total. The number of carboxylic acids is 1. The van der Waals surface area contributed by atoms with Crippen LogP contribution in [0.4, 0.5) is 0 Å². The number of hydrogen-bond donors (Lipinski definition) is 2. The van der Waals surface area contributed by atoms with E-state index in [-0.39, 0.29) is 35.0 Å². The molecule has 0 fully saturated rings. The van der Waals surface area contributed by atoms with Crippen LogP contribution in [-0.2, 0) is 9.84 Å². The fraction of sp³-hybridized carbons (Fsp3) is 0.455. The molecule has 0 bridgehead atoms. The van der Waals surface area contributed by atoms with E-state index in [1.165, 1.54) is 12.1 Å². The molecule has 0 aliphatic carbocycles. The first-order valence-electron chi connectivity index (χ1n) is 9.85. The molecule has 0 amide bonds. The van der Waals surface area contributed by atoms with E-state index in [9.17, 15) is 13.2 Å². The molecule has 0 aliphatic heterocycles. The van der Waals surface area contributed by atoms with E-state index in [0.29, 0.717) is 5.75 Å². The van der Waals surface area contributed by atoms with Crippen LogP contribution in [0.1, 0.15) is 61.5 Å². The highest BCUT2D eigenvalue weighted by molar-refractivity contribution is 7.91. The second-order valence-electron chi connectivity index (χ2n) is 7.09. The molecule has 1 unspecified atom stereocenters.